The van der Waals surface area contributed by atoms with E-state index in [1.807, 2.05) is 25.2 Å². The van der Waals surface area contributed by atoms with Crippen LogP contribution in [0.2, 0.25) is 5.22 Å². The van der Waals surface area contributed by atoms with E-state index < -0.39 is 0 Å². The maximum absolute atomic E-state index is 6.16. The summed E-state index contributed by atoms with van der Waals surface area (Å²) in [6, 6.07) is 9.60. The van der Waals surface area contributed by atoms with E-state index in [1.54, 1.807) is 18.4 Å². The highest BCUT2D eigenvalue weighted by Gasteiger charge is 2.27. The van der Waals surface area contributed by atoms with Crippen LogP contribution in [0.25, 0.3) is 17.2 Å². The Morgan fingerprint density at radius 2 is 2.20 bits per heavy atom. The van der Waals surface area contributed by atoms with Crippen LogP contribution in [0.15, 0.2) is 45.4 Å². The Kier molecular flexibility index (Phi) is 4.84. The molecule has 1 atom stereocenters. The van der Waals surface area contributed by atoms with Crippen LogP contribution in [0.5, 0.6) is 0 Å². The van der Waals surface area contributed by atoms with Crippen molar-refractivity contribution in [1.82, 2.24) is 24.5 Å². The van der Waals surface area contributed by atoms with Crippen LogP contribution in [0.4, 0.5) is 11.8 Å². The molecule has 2 N–H and O–H groups in total. The molecule has 0 aliphatic carbocycles. The summed E-state index contributed by atoms with van der Waals surface area (Å²) < 4.78 is 12.4. The van der Waals surface area contributed by atoms with Crippen molar-refractivity contribution in [2.75, 3.05) is 30.8 Å². The first kappa shape index (κ1) is 19.0. The van der Waals surface area contributed by atoms with Crippen molar-refractivity contribution in [3.63, 3.8) is 0 Å². The van der Waals surface area contributed by atoms with Gasteiger partial charge in [-0.3, -0.25) is 4.90 Å². The van der Waals surface area contributed by atoms with Gasteiger partial charge in [0, 0.05) is 25.7 Å². The maximum atomic E-state index is 6.16. The second-order valence-corrected chi connectivity index (χ2v) is 7.88. The predicted molar refractivity (Wildman–Crippen MR) is 113 cm³/mol. The molecular formula is C20H22ClN7O2. The molecular weight excluding hydrogens is 406 g/mol. The van der Waals surface area contributed by atoms with Gasteiger partial charge in [0.15, 0.2) is 16.6 Å². The first-order valence-electron chi connectivity index (χ1n) is 9.83. The second kappa shape index (κ2) is 7.66. The third-order valence-corrected chi connectivity index (χ3v) is 5.64. The number of rotatable bonds is 6. The summed E-state index contributed by atoms with van der Waals surface area (Å²) in [6.07, 6.45) is 3.86. The lowest BCUT2D eigenvalue weighted by Crippen LogP contribution is -2.38. The number of aromatic nitrogens is 4. The molecule has 0 radical (unpaired) electrons. The lowest BCUT2D eigenvalue weighted by Gasteiger charge is -2.28. The van der Waals surface area contributed by atoms with Gasteiger partial charge >= 0.3 is 0 Å². The number of nitrogens with two attached hydrogens (primary N) is 1. The number of hydrogen-bond acceptors (Lipinski definition) is 8. The van der Waals surface area contributed by atoms with Gasteiger partial charge in [0.2, 0.25) is 11.8 Å². The summed E-state index contributed by atoms with van der Waals surface area (Å²) in [7, 11) is 2.02. The highest BCUT2D eigenvalue weighted by atomic mass is 35.5. The van der Waals surface area contributed by atoms with Crippen LogP contribution >= 0.6 is 11.6 Å². The second-order valence-electron chi connectivity index (χ2n) is 7.51. The fraction of sp³-hybridized carbons (Fsp3) is 0.350. The third kappa shape index (κ3) is 3.61. The van der Waals surface area contributed by atoms with Gasteiger partial charge in [-0.15, -0.1) is 5.10 Å². The molecule has 0 bridgehead atoms. The summed E-state index contributed by atoms with van der Waals surface area (Å²) in [5, 5.41) is 4.82. The summed E-state index contributed by atoms with van der Waals surface area (Å²) in [4.78, 5) is 13.6. The average Bonchev–Trinajstić information content (AvgIpc) is 3.49. The lowest BCUT2D eigenvalue weighted by atomic mass is 10.2. The molecule has 0 saturated carbocycles. The first-order chi connectivity index (χ1) is 14.6. The molecule has 5 rings (SSSR count). The fourth-order valence-electron chi connectivity index (χ4n) is 3.96. The summed E-state index contributed by atoms with van der Waals surface area (Å²) in [5.74, 6) is 2.99. The van der Waals surface area contributed by atoms with Gasteiger partial charge < -0.3 is 19.5 Å². The molecule has 4 aromatic heterocycles. The van der Waals surface area contributed by atoms with Crippen LogP contribution in [-0.2, 0) is 6.54 Å². The smallest absolute Gasteiger partial charge is 0.225 e. The van der Waals surface area contributed by atoms with E-state index in [-0.39, 0.29) is 5.95 Å². The molecule has 1 fully saturated rings. The summed E-state index contributed by atoms with van der Waals surface area (Å²) in [6.45, 7) is 2.59. The topological polar surface area (TPSA) is 102 Å². The predicted octanol–water partition coefficient (Wildman–Crippen LogP) is 3.31. The molecule has 10 heteroatoms. The van der Waals surface area contributed by atoms with E-state index in [2.05, 4.69) is 24.9 Å². The Balaban J connectivity index is 1.34. The fourth-order valence-corrected chi connectivity index (χ4v) is 4.12. The molecule has 0 amide bonds. The van der Waals surface area contributed by atoms with Crippen LogP contribution in [-0.4, -0.2) is 50.7 Å². The summed E-state index contributed by atoms with van der Waals surface area (Å²) >= 11 is 5.91. The molecule has 1 aliphatic heterocycles. The SMILES string of the molecule is CN(CC1CCCN1Cc1ccc(Cl)o1)c1cc2nc(-c3ccco3)nn2c(N)n1. The van der Waals surface area contributed by atoms with E-state index in [9.17, 15) is 0 Å². The zero-order chi connectivity index (χ0) is 20.7. The van der Waals surface area contributed by atoms with Gasteiger partial charge in [0.1, 0.15) is 11.6 Å². The molecule has 1 saturated heterocycles. The zero-order valence-electron chi connectivity index (χ0n) is 16.5. The van der Waals surface area contributed by atoms with Gasteiger partial charge in [-0.05, 0) is 55.3 Å². The van der Waals surface area contributed by atoms with Crippen molar-refractivity contribution < 1.29 is 8.83 Å². The van der Waals surface area contributed by atoms with Crippen molar-refractivity contribution in [2.45, 2.75) is 25.4 Å². The van der Waals surface area contributed by atoms with Crippen molar-refractivity contribution >= 4 is 29.0 Å². The molecule has 4 aromatic rings. The lowest BCUT2D eigenvalue weighted by molar-refractivity contribution is 0.228. The highest BCUT2D eigenvalue weighted by Crippen LogP contribution is 2.25. The van der Waals surface area contributed by atoms with Crippen LogP contribution < -0.4 is 10.6 Å². The maximum Gasteiger partial charge on any atom is 0.225 e. The minimum Gasteiger partial charge on any atom is -0.461 e. The number of furan rings is 2. The third-order valence-electron chi connectivity index (χ3n) is 5.44. The van der Waals surface area contributed by atoms with E-state index >= 15 is 0 Å². The molecule has 1 unspecified atom stereocenters. The van der Waals surface area contributed by atoms with Crippen molar-refractivity contribution in [2.24, 2.45) is 0 Å². The van der Waals surface area contributed by atoms with Crippen molar-refractivity contribution in [3.8, 4) is 11.6 Å². The van der Waals surface area contributed by atoms with Gasteiger partial charge in [-0.2, -0.15) is 9.50 Å². The van der Waals surface area contributed by atoms with Gasteiger partial charge in [0.25, 0.3) is 0 Å². The van der Waals surface area contributed by atoms with E-state index in [0.29, 0.717) is 28.5 Å². The quantitative estimate of drug-likeness (QED) is 0.500. The Labute approximate surface area is 178 Å². The summed E-state index contributed by atoms with van der Waals surface area (Å²) in [5.41, 5.74) is 6.79. The zero-order valence-corrected chi connectivity index (χ0v) is 17.3. The molecule has 5 heterocycles. The molecule has 9 nitrogen and oxygen atoms in total. The number of fused-ring (bicyclic) bond motifs is 1. The normalized spacial score (nSPS) is 17.2. The number of nitrogen functional groups attached to an aromatic ring is 1. The Hall–Kier alpha value is -3.04. The number of nitrogens with zero attached hydrogens (tertiary/aromatic N) is 6. The number of likely N-dealkylation sites (N-methyl/N-ethyl adjacent to an activating group) is 1. The van der Waals surface area contributed by atoms with Gasteiger partial charge in [-0.25, -0.2) is 4.98 Å². The minimum atomic E-state index is 0.285. The number of likely N-dealkylation sites (tertiary alicyclic amines) is 1. The van der Waals surface area contributed by atoms with E-state index in [4.69, 9.17) is 26.2 Å². The Morgan fingerprint density at radius 3 is 2.97 bits per heavy atom. The van der Waals surface area contributed by atoms with E-state index in [0.717, 1.165) is 44.1 Å². The Morgan fingerprint density at radius 1 is 1.30 bits per heavy atom. The standard InChI is InChI=1S/C20H22ClN7O2/c1-26(11-13-4-2-8-27(13)12-14-6-7-16(21)30-14)17-10-18-23-19(15-5-3-9-29-15)25-28(18)20(22)24-17/h3,5-7,9-10,13H,2,4,8,11-12H2,1H3,(H2,22,24). The Bertz CT molecular complexity index is 1150. The molecule has 0 aromatic carbocycles. The van der Waals surface area contributed by atoms with Gasteiger partial charge in [0.05, 0.1) is 12.8 Å². The van der Waals surface area contributed by atoms with Crippen LogP contribution in [0.1, 0.15) is 18.6 Å². The number of anilines is 2. The first-order valence-corrected chi connectivity index (χ1v) is 10.2. The van der Waals surface area contributed by atoms with Gasteiger partial charge in [-0.1, -0.05) is 0 Å². The minimum absolute atomic E-state index is 0.285. The largest absolute Gasteiger partial charge is 0.461 e. The number of hydrogen-bond donors (Lipinski definition) is 1. The molecule has 1 aliphatic rings. The number of halogens is 1. The van der Waals surface area contributed by atoms with E-state index in [1.165, 1.54) is 4.52 Å². The van der Waals surface area contributed by atoms with Crippen molar-refractivity contribution in [1.29, 1.82) is 0 Å². The average molecular weight is 428 g/mol. The van der Waals surface area contributed by atoms with Crippen LogP contribution in [0.3, 0.4) is 0 Å². The monoisotopic (exact) mass is 427 g/mol. The molecule has 30 heavy (non-hydrogen) atoms. The molecule has 156 valence electrons. The highest BCUT2D eigenvalue weighted by molar-refractivity contribution is 6.28. The molecule has 0 spiro atoms. The van der Waals surface area contributed by atoms with Crippen LogP contribution in [0, 0.1) is 0 Å². The van der Waals surface area contributed by atoms with Crippen molar-refractivity contribution in [3.05, 3.63) is 47.6 Å².